The van der Waals surface area contributed by atoms with Crippen LogP contribution in [0.3, 0.4) is 0 Å². The SMILES string of the molecule is O=C(OCc1cccc(Cl)c1)c1c2c(nc3ccccc13)/C(=C\c1ccc([N+](=O)[O-])cc1)CCC2. The van der Waals surface area contributed by atoms with Gasteiger partial charge in [-0.2, -0.15) is 0 Å². The maximum absolute atomic E-state index is 13.4. The van der Waals surface area contributed by atoms with Gasteiger partial charge in [0.05, 0.1) is 21.7 Å². The van der Waals surface area contributed by atoms with Crippen molar-refractivity contribution in [1.82, 2.24) is 4.98 Å². The number of nitro groups is 1. The van der Waals surface area contributed by atoms with Crippen molar-refractivity contribution in [2.24, 2.45) is 0 Å². The number of fused-ring (bicyclic) bond motifs is 2. The Labute approximate surface area is 207 Å². The van der Waals surface area contributed by atoms with Gasteiger partial charge in [0.25, 0.3) is 5.69 Å². The minimum Gasteiger partial charge on any atom is -0.457 e. The third kappa shape index (κ3) is 4.79. The summed E-state index contributed by atoms with van der Waals surface area (Å²) in [5.74, 6) is -0.392. The Morgan fingerprint density at radius 3 is 2.63 bits per heavy atom. The molecular weight excluding hydrogens is 464 g/mol. The van der Waals surface area contributed by atoms with Crippen LogP contribution in [0.4, 0.5) is 5.69 Å². The number of rotatable bonds is 5. The molecular formula is C28H21ClN2O4. The largest absolute Gasteiger partial charge is 0.457 e. The second kappa shape index (κ2) is 9.68. The molecule has 7 heteroatoms. The Bertz CT molecular complexity index is 1480. The van der Waals surface area contributed by atoms with Crippen molar-refractivity contribution in [3.8, 4) is 0 Å². The lowest BCUT2D eigenvalue weighted by Gasteiger charge is -2.22. The number of benzene rings is 3. The fourth-order valence-electron chi connectivity index (χ4n) is 4.45. The molecule has 0 unspecified atom stereocenters. The molecule has 3 aromatic carbocycles. The Balaban J connectivity index is 1.55. The number of nitro benzene ring substituents is 1. The van der Waals surface area contributed by atoms with Gasteiger partial charge in [0.15, 0.2) is 0 Å². The number of hydrogen-bond acceptors (Lipinski definition) is 5. The average molecular weight is 485 g/mol. The first-order valence-corrected chi connectivity index (χ1v) is 11.7. The van der Waals surface area contributed by atoms with Crippen LogP contribution in [-0.2, 0) is 17.8 Å². The zero-order valence-electron chi connectivity index (χ0n) is 18.7. The molecule has 35 heavy (non-hydrogen) atoms. The molecule has 0 bridgehead atoms. The number of carbonyl (C=O) groups is 1. The number of carbonyl (C=O) groups excluding carboxylic acids is 1. The van der Waals surface area contributed by atoms with Gasteiger partial charge in [0.2, 0.25) is 0 Å². The molecule has 5 rings (SSSR count). The van der Waals surface area contributed by atoms with E-state index in [0.717, 1.165) is 51.7 Å². The van der Waals surface area contributed by atoms with Gasteiger partial charge in [-0.3, -0.25) is 10.1 Å². The molecule has 0 saturated heterocycles. The summed E-state index contributed by atoms with van der Waals surface area (Å²) in [6.45, 7) is 0.121. The topological polar surface area (TPSA) is 82.3 Å². The minimum atomic E-state index is -0.415. The van der Waals surface area contributed by atoms with E-state index in [1.165, 1.54) is 12.1 Å². The molecule has 1 aromatic heterocycles. The summed E-state index contributed by atoms with van der Waals surface area (Å²) in [4.78, 5) is 28.9. The number of pyridine rings is 1. The van der Waals surface area contributed by atoms with Crippen LogP contribution in [0.25, 0.3) is 22.6 Å². The van der Waals surface area contributed by atoms with Gasteiger partial charge in [-0.25, -0.2) is 9.78 Å². The van der Waals surface area contributed by atoms with Crippen molar-refractivity contribution in [2.45, 2.75) is 25.9 Å². The monoisotopic (exact) mass is 484 g/mol. The van der Waals surface area contributed by atoms with Crippen LogP contribution in [-0.4, -0.2) is 15.9 Å². The number of hydrogen-bond donors (Lipinski definition) is 0. The van der Waals surface area contributed by atoms with E-state index < -0.39 is 10.9 Å². The van der Waals surface area contributed by atoms with Crippen LogP contribution < -0.4 is 0 Å². The summed E-state index contributed by atoms with van der Waals surface area (Å²) in [5.41, 5.74) is 5.62. The highest BCUT2D eigenvalue weighted by Crippen LogP contribution is 2.36. The van der Waals surface area contributed by atoms with E-state index in [4.69, 9.17) is 21.3 Å². The summed E-state index contributed by atoms with van der Waals surface area (Å²) in [6.07, 6.45) is 4.36. The first-order valence-electron chi connectivity index (χ1n) is 11.3. The quantitative estimate of drug-likeness (QED) is 0.172. The Kier molecular flexibility index (Phi) is 6.29. The van der Waals surface area contributed by atoms with Crippen LogP contribution in [0.15, 0.2) is 72.8 Å². The molecule has 1 heterocycles. The fraction of sp³-hybridized carbons (Fsp3) is 0.143. The summed E-state index contributed by atoms with van der Waals surface area (Å²) >= 11 is 6.07. The third-order valence-electron chi connectivity index (χ3n) is 6.08. The van der Waals surface area contributed by atoms with Gasteiger partial charge in [-0.15, -0.1) is 0 Å². The molecule has 0 atom stereocenters. The molecule has 0 aliphatic heterocycles. The van der Waals surface area contributed by atoms with Crippen LogP contribution in [0, 0.1) is 10.1 Å². The minimum absolute atomic E-state index is 0.0463. The summed E-state index contributed by atoms with van der Waals surface area (Å²) in [6, 6.07) is 21.2. The number of non-ortho nitro benzene ring substituents is 1. The van der Waals surface area contributed by atoms with E-state index in [9.17, 15) is 14.9 Å². The smallest absolute Gasteiger partial charge is 0.339 e. The number of para-hydroxylation sites is 1. The van der Waals surface area contributed by atoms with Gasteiger partial charge in [-0.1, -0.05) is 41.9 Å². The first kappa shape index (κ1) is 22.7. The zero-order chi connectivity index (χ0) is 24.4. The van der Waals surface area contributed by atoms with E-state index in [-0.39, 0.29) is 12.3 Å². The molecule has 0 fully saturated rings. The maximum atomic E-state index is 13.4. The standard InChI is InChI=1S/C28H21ClN2O4/c29-21-7-3-5-19(16-21)17-35-28(32)26-23-8-1-2-10-25(23)30-27-20(6-4-9-24(26)27)15-18-11-13-22(14-12-18)31(33)34/h1-3,5,7-8,10-16H,4,6,9,17H2/b20-15-. The maximum Gasteiger partial charge on any atom is 0.339 e. The van der Waals surface area contributed by atoms with Crippen molar-refractivity contribution in [2.75, 3.05) is 0 Å². The van der Waals surface area contributed by atoms with Gasteiger partial charge in [0.1, 0.15) is 6.61 Å². The molecule has 1 aliphatic rings. The summed E-state index contributed by atoms with van der Waals surface area (Å²) in [5, 5.41) is 12.3. The fourth-order valence-corrected chi connectivity index (χ4v) is 4.66. The molecule has 0 radical (unpaired) electrons. The van der Waals surface area contributed by atoms with Crippen LogP contribution >= 0.6 is 11.6 Å². The molecule has 0 N–H and O–H groups in total. The van der Waals surface area contributed by atoms with Crippen molar-refractivity contribution >= 4 is 45.8 Å². The lowest BCUT2D eigenvalue weighted by Crippen LogP contribution is -2.15. The van der Waals surface area contributed by atoms with E-state index in [2.05, 4.69) is 0 Å². The second-order valence-corrected chi connectivity index (χ2v) is 8.85. The van der Waals surface area contributed by atoms with Gasteiger partial charge >= 0.3 is 5.97 Å². The number of allylic oxidation sites excluding steroid dienone is 1. The van der Waals surface area contributed by atoms with Gasteiger partial charge < -0.3 is 4.74 Å². The highest BCUT2D eigenvalue weighted by Gasteiger charge is 2.26. The van der Waals surface area contributed by atoms with Crippen molar-refractivity contribution < 1.29 is 14.5 Å². The Hall–Kier alpha value is -4.03. The summed E-state index contributed by atoms with van der Waals surface area (Å²) < 4.78 is 5.72. The molecule has 0 saturated carbocycles. The highest BCUT2D eigenvalue weighted by molar-refractivity contribution is 6.30. The zero-order valence-corrected chi connectivity index (χ0v) is 19.5. The second-order valence-electron chi connectivity index (χ2n) is 8.41. The van der Waals surface area contributed by atoms with E-state index in [1.807, 2.05) is 42.5 Å². The number of halogens is 1. The van der Waals surface area contributed by atoms with Crippen molar-refractivity contribution in [3.05, 3.63) is 116 Å². The molecule has 4 aromatic rings. The van der Waals surface area contributed by atoms with Crippen LogP contribution in [0.2, 0.25) is 5.02 Å². The predicted octanol–water partition coefficient (Wildman–Crippen LogP) is 7.03. The average Bonchev–Trinajstić information content (AvgIpc) is 2.86. The van der Waals surface area contributed by atoms with E-state index in [0.29, 0.717) is 17.0 Å². The highest BCUT2D eigenvalue weighted by atomic mass is 35.5. The number of aromatic nitrogens is 1. The lowest BCUT2D eigenvalue weighted by atomic mass is 9.86. The van der Waals surface area contributed by atoms with Crippen molar-refractivity contribution in [1.29, 1.82) is 0 Å². The van der Waals surface area contributed by atoms with Gasteiger partial charge in [-0.05, 0) is 77.9 Å². The number of nitrogens with zero attached hydrogens (tertiary/aromatic N) is 2. The Morgan fingerprint density at radius 1 is 1.06 bits per heavy atom. The number of esters is 1. The molecule has 174 valence electrons. The van der Waals surface area contributed by atoms with Crippen LogP contribution in [0.1, 0.15) is 45.6 Å². The first-order chi connectivity index (χ1) is 17.0. The molecule has 0 amide bonds. The van der Waals surface area contributed by atoms with Gasteiger partial charge in [0, 0.05) is 22.5 Å². The third-order valence-corrected chi connectivity index (χ3v) is 6.31. The molecule has 0 spiro atoms. The van der Waals surface area contributed by atoms with Crippen LogP contribution in [0.5, 0.6) is 0 Å². The lowest BCUT2D eigenvalue weighted by molar-refractivity contribution is -0.384. The Morgan fingerprint density at radius 2 is 1.86 bits per heavy atom. The van der Waals surface area contributed by atoms with Crippen molar-refractivity contribution in [3.63, 3.8) is 0 Å². The molecule has 1 aliphatic carbocycles. The van der Waals surface area contributed by atoms with E-state index in [1.54, 1.807) is 24.3 Å². The number of ether oxygens (including phenoxy) is 1. The molecule has 6 nitrogen and oxygen atoms in total. The normalized spacial score (nSPS) is 14.0. The van der Waals surface area contributed by atoms with E-state index >= 15 is 0 Å². The summed E-state index contributed by atoms with van der Waals surface area (Å²) in [7, 11) is 0. The predicted molar refractivity (Wildman–Crippen MR) is 136 cm³/mol.